The molecule has 0 spiro atoms. The minimum Gasteiger partial charge on any atom is -0.406 e. The summed E-state index contributed by atoms with van der Waals surface area (Å²) in [5.41, 5.74) is 2.91. The molecule has 2 heterocycles. The first-order valence-corrected chi connectivity index (χ1v) is 8.70. The Morgan fingerprint density at radius 2 is 1.97 bits per heavy atom. The Morgan fingerprint density at radius 1 is 1.17 bits per heavy atom. The SMILES string of the molecule is FC(F)(F)Oc1ccccc1-c1c[c-]c2[nH]c(-c3cc(C4CC4)no3)nc2c1.[Na+]. The number of ether oxygens (including phenoxy) is 1. The second-order valence-electron chi connectivity index (χ2n) is 6.67. The van der Waals surface area contributed by atoms with Crippen molar-refractivity contribution in [3.8, 4) is 28.5 Å². The molecule has 1 aliphatic rings. The molecule has 1 saturated carbocycles. The van der Waals surface area contributed by atoms with Gasteiger partial charge in [-0.3, -0.25) is 4.98 Å². The van der Waals surface area contributed by atoms with Crippen LogP contribution in [0.4, 0.5) is 13.2 Å². The number of fused-ring (bicyclic) bond motifs is 1. The van der Waals surface area contributed by atoms with Gasteiger partial charge in [0.05, 0.1) is 5.69 Å². The number of aromatic amines is 1. The minimum atomic E-state index is -4.77. The number of imidazole rings is 1. The molecule has 0 aliphatic heterocycles. The number of alkyl halides is 3. The van der Waals surface area contributed by atoms with Gasteiger partial charge in [-0.2, -0.15) is 12.1 Å². The van der Waals surface area contributed by atoms with Gasteiger partial charge in [0.15, 0.2) is 5.82 Å². The summed E-state index contributed by atoms with van der Waals surface area (Å²) >= 11 is 0. The van der Waals surface area contributed by atoms with Crippen LogP contribution in [-0.2, 0) is 0 Å². The summed E-state index contributed by atoms with van der Waals surface area (Å²) in [5.74, 6) is 1.21. The quantitative estimate of drug-likeness (QED) is 0.417. The largest absolute Gasteiger partial charge is 1.00 e. The van der Waals surface area contributed by atoms with E-state index >= 15 is 0 Å². The van der Waals surface area contributed by atoms with Gasteiger partial charge >= 0.3 is 35.9 Å². The molecule has 1 N–H and O–H groups in total. The maximum atomic E-state index is 12.7. The van der Waals surface area contributed by atoms with Crippen molar-refractivity contribution in [3.63, 3.8) is 0 Å². The smallest absolute Gasteiger partial charge is 0.406 e. The van der Waals surface area contributed by atoms with Crippen LogP contribution in [0.25, 0.3) is 33.7 Å². The predicted octanol–water partition coefficient (Wildman–Crippen LogP) is 2.47. The first kappa shape index (κ1) is 20.0. The number of benzene rings is 2. The molecule has 5 rings (SSSR count). The van der Waals surface area contributed by atoms with E-state index in [9.17, 15) is 13.2 Å². The van der Waals surface area contributed by atoms with Crippen molar-refractivity contribution in [2.24, 2.45) is 0 Å². The van der Waals surface area contributed by atoms with Gasteiger partial charge in [-0.15, -0.1) is 24.8 Å². The standard InChI is InChI=1S/C20H13F3N3O2.Na/c21-20(22,23)27-17-4-2-1-3-13(17)12-7-8-14-16(9-12)25-19(24-14)18-10-15(26-28-18)11-5-6-11;/h1-4,7,9-11H,5-6H2,(H,24,25);/q-1;+1. The van der Waals surface area contributed by atoms with Gasteiger partial charge in [0.1, 0.15) is 5.75 Å². The second-order valence-corrected chi connectivity index (χ2v) is 6.67. The molecule has 1 fully saturated rings. The van der Waals surface area contributed by atoms with Crippen LogP contribution in [0.5, 0.6) is 5.75 Å². The third-order valence-corrected chi connectivity index (χ3v) is 4.58. The number of hydrogen-bond acceptors (Lipinski definition) is 4. The predicted molar refractivity (Wildman–Crippen MR) is 94.5 cm³/mol. The molecule has 0 amide bonds. The molecule has 2 aromatic heterocycles. The number of nitrogens with zero attached hydrogens (tertiary/aromatic N) is 2. The molecular weight excluding hydrogens is 394 g/mol. The summed E-state index contributed by atoms with van der Waals surface area (Å²) in [6.07, 6.45) is -2.54. The maximum absolute atomic E-state index is 12.7. The van der Waals surface area contributed by atoms with Crippen LogP contribution in [0.1, 0.15) is 24.5 Å². The molecule has 0 atom stereocenters. The van der Waals surface area contributed by atoms with Crippen molar-refractivity contribution < 1.29 is 52.0 Å². The summed E-state index contributed by atoms with van der Waals surface area (Å²) < 4.78 is 47.5. The molecule has 5 nitrogen and oxygen atoms in total. The van der Waals surface area contributed by atoms with Crippen LogP contribution in [0.3, 0.4) is 0 Å². The Balaban J connectivity index is 0.00000205. The fraction of sp³-hybridized carbons (Fsp3) is 0.200. The molecule has 29 heavy (non-hydrogen) atoms. The molecule has 1 aliphatic carbocycles. The molecular formula is C20H13F3N3NaO2. The molecule has 0 radical (unpaired) electrons. The zero-order valence-electron chi connectivity index (χ0n) is 15.4. The molecule has 0 bridgehead atoms. The van der Waals surface area contributed by atoms with Crippen molar-refractivity contribution in [3.05, 3.63) is 54.2 Å². The zero-order valence-corrected chi connectivity index (χ0v) is 17.4. The van der Waals surface area contributed by atoms with Crippen LogP contribution in [-0.4, -0.2) is 21.5 Å². The number of aromatic nitrogens is 3. The van der Waals surface area contributed by atoms with Crippen LogP contribution in [0.15, 0.2) is 47.0 Å². The zero-order chi connectivity index (χ0) is 19.3. The van der Waals surface area contributed by atoms with E-state index in [1.165, 1.54) is 12.1 Å². The van der Waals surface area contributed by atoms with Crippen molar-refractivity contribution in [2.75, 3.05) is 0 Å². The van der Waals surface area contributed by atoms with Gasteiger partial charge in [-0.05, 0) is 35.5 Å². The van der Waals surface area contributed by atoms with Crippen molar-refractivity contribution in [1.29, 1.82) is 0 Å². The Labute approximate surface area is 185 Å². The first-order chi connectivity index (χ1) is 13.5. The topological polar surface area (TPSA) is 63.9 Å². The Bertz CT molecular complexity index is 1170. The van der Waals surface area contributed by atoms with E-state index in [0.29, 0.717) is 39.7 Å². The average Bonchev–Trinajstić information content (AvgIpc) is 3.23. The molecule has 0 unspecified atom stereocenters. The summed E-state index contributed by atoms with van der Waals surface area (Å²) in [4.78, 5) is 7.59. The van der Waals surface area contributed by atoms with Gasteiger partial charge in [-0.25, -0.2) is 0 Å². The molecule has 2 aromatic carbocycles. The van der Waals surface area contributed by atoms with E-state index in [0.717, 1.165) is 18.5 Å². The van der Waals surface area contributed by atoms with E-state index < -0.39 is 6.36 Å². The van der Waals surface area contributed by atoms with Crippen molar-refractivity contribution in [2.45, 2.75) is 25.1 Å². The maximum Gasteiger partial charge on any atom is 1.00 e. The summed E-state index contributed by atoms with van der Waals surface area (Å²) in [5, 5.41) is 4.07. The summed E-state index contributed by atoms with van der Waals surface area (Å²) in [6.45, 7) is 0. The monoisotopic (exact) mass is 407 g/mol. The number of H-pyrrole nitrogens is 1. The first-order valence-electron chi connectivity index (χ1n) is 8.70. The number of para-hydroxylation sites is 1. The fourth-order valence-electron chi connectivity index (χ4n) is 3.10. The van der Waals surface area contributed by atoms with E-state index in [2.05, 4.69) is 25.9 Å². The van der Waals surface area contributed by atoms with Crippen LogP contribution in [0, 0.1) is 6.07 Å². The third-order valence-electron chi connectivity index (χ3n) is 4.58. The Hall–Kier alpha value is -2.29. The summed E-state index contributed by atoms with van der Waals surface area (Å²) in [6, 6.07) is 14.1. The second kappa shape index (κ2) is 7.51. The third kappa shape index (κ3) is 4.19. The molecule has 4 aromatic rings. The van der Waals surface area contributed by atoms with Crippen molar-refractivity contribution in [1.82, 2.24) is 15.1 Å². The molecule has 9 heteroatoms. The molecule has 142 valence electrons. The van der Waals surface area contributed by atoms with Crippen molar-refractivity contribution >= 4 is 11.0 Å². The van der Waals surface area contributed by atoms with E-state index in [4.69, 9.17) is 4.52 Å². The van der Waals surface area contributed by atoms with Crippen LogP contribution >= 0.6 is 0 Å². The normalized spacial score (nSPS) is 14.0. The van der Waals surface area contributed by atoms with Crippen LogP contribution in [0.2, 0.25) is 0 Å². The van der Waals surface area contributed by atoms with E-state index in [-0.39, 0.29) is 35.3 Å². The Kier molecular flexibility index (Phi) is 5.18. The van der Waals surface area contributed by atoms with E-state index in [1.807, 2.05) is 6.07 Å². The number of hydrogen-bond donors (Lipinski definition) is 1. The van der Waals surface area contributed by atoms with Crippen LogP contribution < -0.4 is 34.3 Å². The Morgan fingerprint density at radius 3 is 2.72 bits per heavy atom. The summed E-state index contributed by atoms with van der Waals surface area (Å²) in [7, 11) is 0. The van der Waals surface area contributed by atoms with Gasteiger partial charge < -0.3 is 14.2 Å². The van der Waals surface area contributed by atoms with E-state index in [1.54, 1.807) is 24.3 Å². The van der Waals surface area contributed by atoms with Gasteiger partial charge in [0, 0.05) is 12.0 Å². The number of nitrogens with one attached hydrogen (secondary N) is 1. The molecule has 0 saturated heterocycles. The van der Waals surface area contributed by atoms with Gasteiger partial charge in [-0.1, -0.05) is 23.4 Å². The van der Waals surface area contributed by atoms with Gasteiger partial charge in [0.2, 0.25) is 5.76 Å². The number of halogens is 3. The fourth-order valence-corrected chi connectivity index (χ4v) is 3.10. The average molecular weight is 407 g/mol. The minimum absolute atomic E-state index is 0. The number of rotatable bonds is 4. The van der Waals surface area contributed by atoms with Gasteiger partial charge in [0.25, 0.3) is 0 Å².